The summed E-state index contributed by atoms with van der Waals surface area (Å²) >= 11 is 0. The van der Waals surface area contributed by atoms with E-state index in [1.165, 1.54) is 0 Å². The molecule has 1 fully saturated rings. The normalized spacial score (nSPS) is 18.3. The first-order valence-electron chi connectivity index (χ1n) is 7.40. The van der Waals surface area contributed by atoms with E-state index >= 15 is 0 Å². The maximum absolute atomic E-state index is 14.2. The third-order valence-electron chi connectivity index (χ3n) is 3.76. The Balaban J connectivity index is 2.27. The zero-order valence-corrected chi connectivity index (χ0v) is 12.7. The van der Waals surface area contributed by atoms with Gasteiger partial charge in [-0.15, -0.1) is 0 Å². The number of nitrogens with zero attached hydrogens (tertiary/aromatic N) is 1. The molecular weight excluding hydrogens is 255 g/mol. The standard InChI is InChI=1S/C16H25FN2O/c1-4-8-18-11-13-14(17)6-5-7-15(13)19-9-10-20-12-16(19,2)3/h5-7,18H,4,8-12H2,1-3H3. The zero-order valence-electron chi connectivity index (χ0n) is 12.7. The van der Waals surface area contributed by atoms with Gasteiger partial charge in [0, 0.05) is 24.3 Å². The van der Waals surface area contributed by atoms with Gasteiger partial charge in [-0.05, 0) is 38.9 Å². The summed E-state index contributed by atoms with van der Waals surface area (Å²) in [7, 11) is 0. The Morgan fingerprint density at radius 3 is 2.90 bits per heavy atom. The van der Waals surface area contributed by atoms with Gasteiger partial charge >= 0.3 is 0 Å². The molecule has 1 aliphatic rings. The lowest BCUT2D eigenvalue weighted by atomic mass is 9.99. The molecule has 2 rings (SSSR count). The molecule has 0 saturated carbocycles. The van der Waals surface area contributed by atoms with Crippen molar-refractivity contribution in [3.63, 3.8) is 0 Å². The molecule has 1 aliphatic heterocycles. The molecule has 1 saturated heterocycles. The molecule has 0 radical (unpaired) electrons. The second-order valence-electron chi connectivity index (χ2n) is 5.93. The van der Waals surface area contributed by atoms with Gasteiger partial charge in [0.25, 0.3) is 0 Å². The highest BCUT2D eigenvalue weighted by atomic mass is 19.1. The fourth-order valence-corrected chi connectivity index (χ4v) is 2.67. The summed E-state index contributed by atoms with van der Waals surface area (Å²) in [4.78, 5) is 2.27. The van der Waals surface area contributed by atoms with E-state index in [4.69, 9.17) is 4.74 Å². The minimum Gasteiger partial charge on any atom is -0.377 e. The van der Waals surface area contributed by atoms with Crippen LogP contribution in [0.25, 0.3) is 0 Å². The third kappa shape index (κ3) is 3.30. The summed E-state index contributed by atoms with van der Waals surface area (Å²) in [5.41, 5.74) is 1.64. The topological polar surface area (TPSA) is 24.5 Å². The van der Waals surface area contributed by atoms with Crippen LogP contribution in [0, 0.1) is 5.82 Å². The highest BCUT2D eigenvalue weighted by molar-refractivity contribution is 5.56. The van der Waals surface area contributed by atoms with Crippen LogP contribution in [0.5, 0.6) is 0 Å². The molecule has 0 aliphatic carbocycles. The van der Waals surface area contributed by atoms with Crippen LogP contribution in [0.15, 0.2) is 18.2 Å². The van der Waals surface area contributed by atoms with E-state index in [2.05, 4.69) is 31.0 Å². The number of hydrogen-bond acceptors (Lipinski definition) is 3. The van der Waals surface area contributed by atoms with Gasteiger partial charge in [0.2, 0.25) is 0 Å². The Kier molecular flexibility index (Phi) is 5.00. The number of nitrogens with one attached hydrogen (secondary N) is 1. The van der Waals surface area contributed by atoms with E-state index < -0.39 is 0 Å². The van der Waals surface area contributed by atoms with Crippen molar-refractivity contribution < 1.29 is 9.13 Å². The number of morpholine rings is 1. The molecule has 1 heterocycles. The van der Waals surface area contributed by atoms with Crippen molar-refractivity contribution in [3.8, 4) is 0 Å². The average molecular weight is 280 g/mol. The first kappa shape index (κ1) is 15.3. The van der Waals surface area contributed by atoms with Gasteiger partial charge in [-0.25, -0.2) is 4.39 Å². The molecular formula is C16H25FN2O. The first-order chi connectivity index (χ1) is 9.56. The molecule has 1 aromatic carbocycles. The molecule has 20 heavy (non-hydrogen) atoms. The van der Waals surface area contributed by atoms with Crippen LogP contribution >= 0.6 is 0 Å². The van der Waals surface area contributed by atoms with E-state index in [9.17, 15) is 4.39 Å². The highest BCUT2D eigenvalue weighted by Crippen LogP contribution is 2.31. The molecule has 1 N–H and O–H groups in total. The number of hydrogen-bond donors (Lipinski definition) is 1. The maximum atomic E-state index is 14.2. The fourth-order valence-electron chi connectivity index (χ4n) is 2.67. The van der Waals surface area contributed by atoms with E-state index in [0.717, 1.165) is 30.8 Å². The van der Waals surface area contributed by atoms with Crippen molar-refractivity contribution in [1.82, 2.24) is 5.32 Å². The SMILES string of the molecule is CCCNCc1c(F)cccc1N1CCOCC1(C)C. The molecule has 0 aromatic heterocycles. The van der Waals surface area contributed by atoms with Gasteiger partial charge in [-0.3, -0.25) is 0 Å². The van der Waals surface area contributed by atoms with E-state index in [1.54, 1.807) is 12.1 Å². The van der Waals surface area contributed by atoms with Crippen LogP contribution in [0.2, 0.25) is 0 Å². The van der Waals surface area contributed by atoms with Crippen molar-refractivity contribution in [1.29, 1.82) is 0 Å². The predicted octanol–water partition coefficient (Wildman–Crippen LogP) is 2.94. The van der Waals surface area contributed by atoms with Crippen LogP contribution in [-0.2, 0) is 11.3 Å². The molecule has 0 unspecified atom stereocenters. The Bertz CT molecular complexity index is 448. The van der Waals surface area contributed by atoms with Gasteiger partial charge in [0.15, 0.2) is 0 Å². The van der Waals surface area contributed by atoms with Crippen molar-refractivity contribution in [2.24, 2.45) is 0 Å². The Morgan fingerprint density at radius 2 is 2.20 bits per heavy atom. The predicted molar refractivity (Wildman–Crippen MR) is 80.6 cm³/mol. The highest BCUT2D eigenvalue weighted by Gasteiger charge is 2.32. The summed E-state index contributed by atoms with van der Waals surface area (Å²) in [5.74, 6) is -0.131. The molecule has 3 nitrogen and oxygen atoms in total. The summed E-state index contributed by atoms with van der Waals surface area (Å²) in [5, 5.41) is 3.30. The van der Waals surface area contributed by atoms with Gasteiger partial charge in [0.05, 0.1) is 18.8 Å². The second-order valence-corrected chi connectivity index (χ2v) is 5.93. The molecule has 0 spiro atoms. The fraction of sp³-hybridized carbons (Fsp3) is 0.625. The molecule has 112 valence electrons. The minimum atomic E-state index is -0.131. The lowest BCUT2D eigenvalue weighted by Gasteiger charge is -2.44. The number of benzene rings is 1. The summed E-state index contributed by atoms with van der Waals surface area (Å²) in [6.07, 6.45) is 1.05. The van der Waals surface area contributed by atoms with Gasteiger partial charge < -0.3 is 15.0 Å². The van der Waals surface area contributed by atoms with Gasteiger partial charge in [0.1, 0.15) is 5.82 Å². The van der Waals surface area contributed by atoms with Gasteiger partial charge in [-0.2, -0.15) is 0 Å². The van der Waals surface area contributed by atoms with Crippen LogP contribution < -0.4 is 10.2 Å². The van der Waals surface area contributed by atoms with E-state index in [-0.39, 0.29) is 11.4 Å². The monoisotopic (exact) mass is 280 g/mol. The third-order valence-corrected chi connectivity index (χ3v) is 3.76. The molecule has 0 bridgehead atoms. The van der Waals surface area contributed by atoms with Crippen molar-refractivity contribution in [3.05, 3.63) is 29.6 Å². The lowest BCUT2D eigenvalue weighted by Crippen LogP contribution is -2.53. The molecule has 0 atom stereocenters. The zero-order chi connectivity index (χ0) is 14.6. The molecule has 0 amide bonds. The number of rotatable bonds is 5. The van der Waals surface area contributed by atoms with E-state index in [1.807, 2.05) is 6.07 Å². The van der Waals surface area contributed by atoms with Crippen LogP contribution in [0.1, 0.15) is 32.8 Å². The van der Waals surface area contributed by atoms with Crippen molar-refractivity contribution in [2.45, 2.75) is 39.3 Å². The Morgan fingerprint density at radius 1 is 1.40 bits per heavy atom. The largest absolute Gasteiger partial charge is 0.377 e. The van der Waals surface area contributed by atoms with E-state index in [0.29, 0.717) is 19.8 Å². The number of ether oxygens (including phenoxy) is 1. The summed E-state index contributed by atoms with van der Waals surface area (Å²) in [6.45, 7) is 10.0. The average Bonchev–Trinajstić information content (AvgIpc) is 2.40. The smallest absolute Gasteiger partial charge is 0.129 e. The van der Waals surface area contributed by atoms with Crippen LogP contribution in [-0.4, -0.2) is 31.8 Å². The van der Waals surface area contributed by atoms with Crippen molar-refractivity contribution >= 4 is 5.69 Å². The number of halogens is 1. The molecule has 1 aromatic rings. The first-order valence-corrected chi connectivity index (χ1v) is 7.40. The quantitative estimate of drug-likeness (QED) is 0.839. The minimum absolute atomic E-state index is 0.106. The Hall–Kier alpha value is -1.13. The molecule has 4 heteroatoms. The summed E-state index contributed by atoms with van der Waals surface area (Å²) < 4.78 is 19.7. The maximum Gasteiger partial charge on any atom is 0.129 e. The number of anilines is 1. The lowest BCUT2D eigenvalue weighted by molar-refractivity contribution is 0.0642. The Labute approximate surface area is 121 Å². The second kappa shape index (κ2) is 6.55. The van der Waals surface area contributed by atoms with Gasteiger partial charge in [-0.1, -0.05) is 13.0 Å². The van der Waals surface area contributed by atoms with Crippen LogP contribution in [0.3, 0.4) is 0 Å². The van der Waals surface area contributed by atoms with Crippen molar-refractivity contribution in [2.75, 3.05) is 31.2 Å². The van der Waals surface area contributed by atoms with Crippen LogP contribution in [0.4, 0.5) is 10.1 Å². The summed E-state index contributed by atoms with van der Waals surface area (Å²) in [6, 6.07) is 5.35.